The summed E-state index contributed by atoms with van der Waals surface area (Å²) in [6.45, 7) is 9.11. The minimum atomic E-state index is -1.45. The van der Waals surface area contributed by atoms with Crippen LogP contribution in [0.3, 0.4) is 0 Å². The summed E-state index contributed by atoms with van der Waals surface area (Å²) in [7, 11) is 0. The quantitative estimate of drug-likeness (QED) is 0.639. The molecule has 0 aliphatic heterocycles. The van der Waals surface area contributed by atoms with E-state index in [0.717, 1.165) is 0 Å². The van der Waals surface area contributed by atoms with Crippen molar-refractivity contribution < 1.29 is 17.4 Å². The molecule has 0 nitrogen and oxygen atoms in total. The average molecular weight is 321 g/mol. The fourth-order valence-electron chi connectivity index (χ4n) is 2.84. The maximum atomic E-state index is 4.57. The van der Waals surface area contributed by atoms with Crippen molar-refractivity contribution in [3.63, 3.8) is 0 Å². The van der Waals surface area contributed by atoms with E-state index in [1.807, 2.05) is 0 Å². The normalized spacial score (nSPS) is 25.3. The minimum absolute atomic E-state index is 0. The zero-order valence-electron chi connectivity index (χ0n) is 11.5. The topological polar surface area (TPSA) is 0 Å². The summed E-state index contributed by atoms with van der Waals surface area (Å²) in [6, 6.07) is 0. The van der Waals surface area contributed by atoms with Crippen LogP contribution in [-0.4, -0.2) is 4.82 Å². The molecule has 100 valence electrons. The third kappa shape index (κ3) is 3.17. The van der Waals surface area contributed by atoms with Crippen LogP contribution in [0.15, 0.2) is 43.2 Å². The Labute approximate surface area is 129 Å². The molecule has 0 bridgehead atoms. The van der Waals surface area contributed by atoms with Gasteiger partial charge in [-0.2, -0.15) is 0 Å². The van der Waals surface area contributed by atoms with Crippen molar-refractivity contribution in [2.24, 2.45) is 11.8 Å². The van der Waals surface area contributed by atoms with Crippen molar-refractivity contribution in [3.8, 4) is 0 Å². The van der Waals surface area contributed by atoms with Crippen molar-refractivity contribution in [2.75, 3.05) is 0 Å². The van der Waals surface area contributed by atoms with Gasteiger partial charge in [0, 0.05) is 0 Å². The summed E-state index contributed by atoms with van der Waals surface area (Å²) >= 11 is -1.45. The summed E-state index contributed by atoms with van der Waals surface area (Å²) in [6.07, 6.45) is 9.21. The van der Waals surface area contributed by atoms with E-state index in [1.54, 1.807) is 7.76 Å². The fraction of sp³-hybridized carbons (Fsp3) is 0.400. The van der Waals surface area contributed by atoms with Crippen LogP contribution in [0.1, 0.15) is 27.7 Å². The molecule has 0 amide bonds. The number of allylic oxidation sites excluding steroid dienone is 8. The Morgan fingerprint density at radius 1 is 0.889 bits per heavy atom. The molecule has 0 saturated heterocycles. The first-order chi connectivity index (χ1) is 7.52. The molecule has 2 unspecified atom stereocenters. The van der Waals surface area contributed by atoms with Gasteiger partial charge in [-0.15, -0.1) is 24.8 Å². The molecule has 2 aliphatic rings. The molecule has 3 heteroatoms. The van der Waals surface area contributed by atoms with Crippen LogP contribution < -0.4 is 0 Å². The first-order valence-corrected chi connectivity index (χ1v) is 8.66. The Hall–Kier alpha value is 0.124. The summed E-state index contributed by atoms with van der Waals surface area (Å²) in [5, 5.41) is 0. The van der Waals surface area contributed by atoms with Crippen LogP contribution >= 0.6 is 24.8 Å². The molecule has 18 heavy (non-hydrogen) atoms. The van der Waals surface area contributed by atoms with Crippen molar-refractivity contribution in [3.05, 3.63) is 43.2 Å². The molecule has 2 rings (SSSR count). The summed E-state index contributed by atoms with van der Waals surface area (Å²) < 4.78 is 3.34. The van der Waals surface area contributed by atoms with Crippen LogP contribution in [0, 0.1) is 11.8 Å². The van der Waals surface area contributed by atoms with Crippen LogP contribution in [0.2, 0.25) is 0 Å². The number of halogens is 2. The molecule has 2 aliphatic carbocycles. The van der Waals surface area contributed by atoms with Crippen LogP contribution in [0.5, 0.6) is 0 Å². The van der Waals surface area contributed by atoms with Gasteiger partial charge in [-0.05, 0) is 0 Å². The summed E-state index contributed by atoms with van der Waals surface area (Å²) in [5.74, 6) is 1.25. The van der Waals surface area contributed by atoms with E-state index >= 15 is 0 Å². The van der Waals surface area contributed by atoms with Gasteiger partial charge in [0.15, 0.2) is 0 Å². The van der Waals surface area contributed by atoms with Crippen molar-refractivity contribution >= 4 is 29.6 Å². The monoisotopic (exact) mass is 320 g/mol. The molecule has 0 aromatic rings. The van der Waals surface area contributed by atoms with E-state index < -0.39 is 17.4 Å². The van der Waals surface area contributed by atoms with Crippen LogP contribution in [0.4, 0.5) is 0 Å². The van der Waals surface area contributed by atoms with Gasteiger partial charge in [-0.1, -0.05) is 0 Å². The zero-order chi connectivity index (χ0) is 11.9. The van der Waals surface area contributed by atoms with Gasteiger partial charge < -0.3 is 0 Å². The van der Waals surface area contributed by atoms with E-state index in [4.69, 9.17) is 0 Å². The molecule has 0 N–H and O–H groups in total. The van der Waals surface area contributed by atoms with E-state index in [-0.39, 0.29) is 24.8 Å². The van der Waals surface area contributed by atoms with Gasteiger partial charge in [-0.3, -0.25) is 0 Å². The number of rotatable bonds is 2. The van der Waals surface area contributed by atoms with Gasteiger partial charge in [0.1, 0.15) is 0 Å². The fourth-order valence-corrected chi connectivity index (χ4v) is 7.06. The number of hydrogen-bond acceptors (Lipinski definition) is 0. The maximum absolute atomic E-state index is 4.57. The Kier molecular flexibility index (Phi) is 7.10. The standard InChI is InChI=1S/2C7H9.CH2.2ClH.Ti/c2*1-6-3-4-7(2)5-6;;;;/h2*3-4,6H,1-2H3;1H2;2*1H;. The first-order valence-electron chi connectivity index (χ1n) is 6.00. The predicted molar refractivity (Wildman–Crippen MR) is 83.6 cm³/mol. The third-order valence-corrected chi connectivity index (χ3v) is 8.36. The number of hydrogen-bond donors (Lipinski definition) is 0. The summed E-state index contributed by atoms with van der Waals surface area (Å²) in [5.41, 5.74) is 2.97. The van der Waals surface area contributed by atoms with Gasteiger partial charge in [0.05, 0.1) is 0 Å². The van der Waals surface area contributed by atoms with E-state index in [0.29, 0.717) is 11.8 Å². The second kappa shape index (κ2) is 7.05. The Morgan fingerprint density at radius 3 is 1.44 bits per heavy atom. The van der Waals surface area contributed by atoms with Gasteiger partial charge in [0.25, 0.3) is 0 Å². The third-order valence-electron chi connectivity index (χ3n) is 3.68. The molecule has 0 aromatic carbocycles. The SMILES string of the molecule is Cl.Cl.[CH2]=[Ti]([C]1=C(C)C=CC1C)[C]1=C(C)C=CC1C. The summed E-state index contributed by atoms with van der Waals surface area (Å²) in [4.78, 5) is 4.57. The zero-order valence-corrected chi connectivity index (χ0v) is 14.7. The van der Waals surface area contributed by atoms with Gasteiger partial charge in [0.2, 0.25) is 0 Å². The molecule has 2 atom stereocenters. The average Bonchev–Trinajstić information content (AvgIpc) is 2.71. The Bertz CT molecular complexity index is 425. The first kappa shape index (κ1) is 18.1. The molecule has 0 heterocycles. The molecular weight excluding hydrogens is 299 g/mol. The second-order valence-electron chi connectivity index (χ2n) is 4.97. The molecular formula is C15H22Cl2Ti. The Morgan fingerprint density at radius 2 is 1.22 bits per heavy atom. The predicted octanol–water partition coefficient (Wildman–Crippen LogP) is 4.84. The van der Waals surface area contributed by atoms with Crippen molar-refractivity contribution in [2.45, 2.75) is 27.7 Å². The molecule has 0 radical (unpaired) electrons. The molecule has 0 saturated carbocycles. The van der Waals surface area contributed by atoms with Gasteiger partial charge >= 0.3 is 105 Å². The second-order valence-corrected chi connectivity index (χ2v) is 8.14. The molecule has 0 spiro atoms. The van der Waals surface area contributed by atoms with Crippen molar-refractivity contribution in [1.29, 1.82) is 0 Å². The van der Waals surface area contributed by atoms with Crippen molar-refractivity contribution in [1.82, 2.24) is 0 Å². The van der Waals surface area contributed by atoms with E-state index in [1.165, 1.54) is 11.1 Å². The van der Waals surface area contributed by atoms with Crippen LogP contribution in [-0.2, 0) is 17.4 Å². The van der Waals surface area contributed by atoms with E-state index in [9.17, 15) is 0 Å². The Balaban J connectivity index is 0.00000144. The molecule has 0 aromatic heterocycles. The van der Waals surface area contributed by atoms with Gasteiger partial charge in [-0.25, -0.2) is 0 Å². The molecule has 0 fully saturated rings. The van der Waals surface area contributed by atoms with E-state index in [2.05, 4.69) is 56.8 Å². The van der Waals surface area contributed by atoms with Crippen LogP contribution in [0.25, 0.3) is 0 Å².